The van der Waals surface area contributed by atoms with Crippen molar-refractivity contribution in [3.05, 3.63) is 68.6 Å². The molecule has 1 heterocycles. The van der Waals surface area contributed by atoms with Crippen molar-refractivity contribution in [1.29, 1.82) is 0 Å². The van der Waals surface area contributed by atoms with Crippen molar-refractivity contribution in [1.82, 2.24) is 10.2 Å². The van der Waals surface area contributed by atoms with E-state index in [1.165, 1.54) is 25.3 Å². The van der Waals surface area contributed by atoms with Crippen molar-refractivity contribution >= 4 is 28.1 Å². The van der Waals surface area contributed by atoms with Crippen molar-refractivity contribution in [3.8, 4) is 5.75 Å². The lowest BCUT2D eigenvalue weighted by Crippen LogP contribution is -2.18. The first-order valence-corrected chi connectivity index (χ1v) is 7.58. The molecule has 0 spiro atoms. The van der Waals surface area contributed by atoms with E-state index in [1.807, 2.05) is 0 Å². The van der Waals surface area contributed by atoms with E-state index in [1.54, 1.807) is 24.3 Å². The van der Waals surface area contributed by atoms with Gasteiger partial charge in [0.05, 0.1) is 35.2 Å². The number of methoxy groups -OCH3 is 1. The summed E-state index contributed by atoms with van der Waals surface area (Å²) >= 11 is 0. The summed E-state index contributed by atoms with van der Waals surface area (Å²) in [7, 11) is 1.40. The summed E-state index contributed by atoms with van der Waals surface area (Å²) in [5.41, 5.74) is 0.0568. The van der Waals surface area contributed by atoms with Crippen LogP contribution in [0.5, 0.6) is 5.75 Å². The number of fused-ring (bicyclic) bond motifs is 1. The van der Waals surface area contributed by atoms with Crippen LogP contribution in [-0.2, 0) is 11.2 Å². The van der Waals surface area contributed by atoms with Gasteiger partial charge in [-0.2, -0.15) is 5.10 Å². The molecule has 3 aromatic rings. The minimum absolute atomic E-state index is 0.122. The molecule has 2 aromatic carbocycles. The summed E-state index contributed by atoms with van der Waals surface area (Å²) in [4.78, 5) is 34.5. The predicted octanol–water partition coefficient (Wildman–Crippen LogP) is 2.02. The second-order valence-electron chi connectivity index (χ2n) is 5.41. The maximum atomic E-state index is 12.4. The molecular weight excluding hydrogens is 340 g/mol. The topological polar surface area (TPSA) is 127 Å². The van der Waals surface area contributed by atoms with E-state index < -0.39 is 10.8 Å². The van der Waals surface area contributed by atoms with Gasteiger partial charge in [0, 0.05) is 17.5 Å². The average Bonchev–Trinajstić information content (AvgIpc) is 2.64. The van der Waals surface area contributed by atoms with Crippen molar-refractivity contribution in [2.24, 2.45) is 0 Å². The fourth-order valence-corrected chi connectivity index (χ4v) is 2.56. The van der Waals surface area contributed by atoms with Crippen molar-refractivity contribution in [2.75, 3.05) is 12.4 Å². The number of nitro groups is 1. The first-order chi connectivity index (χ1) is 12.5. The van der Waals surface area contributed by atoms with Gasteiger partial charge in [0.1, 0.15) is 5.75 Å². The summed E-state index contributed by atoms with van der Waals surface area (Å²) in [6.45, 7) is 0. The summed E-state index contributed by atoms with van der Waals surface area (Å²) in [5.74, 6) is -0.156. The highest BCUT2D eigenvalue weighted by Gasteiger charge is 2.15. The molecule has 0 saturated heterocycles. The number of aromatic nitrogens is 2. The smallest absolute Gasteiger partial charge is 0.272 e. The minimum Gasteiger partial charge on any atom is -0.495 e. The SMILES string of the molecule is COc1ccc([N+](=O)[O-])cc1NC(=O)Cc1n[nH]c(=O)c2ccccc12. The molecule has 0 radical (unpaired) electrons. The molecule has 9 nitrogen and oxygen atoms in total. The van der Waals surface area contributed by atoms with Gasteiger partial charge in [-0.3, -0.25) is 19.7 Å². The lowest BCUT2D eigenvalue weighted by molar-refractivity contribution is -0.384. The third-order valence-corrected chi connectivity index (χ3v) is 3.77. The van der Waals surface area contributed by atoms with Crippen LogP contribution in [0.4, 0.5) is 11.4 Å². The van der Waals surface area contributed by atoms with Crippen LogP contribution in [0.25, 0.3) is 10.8 Å². The number of carbonyl (C=O) groups excluding carboxylic acids is 1. The van der Waals surface area contributed by atoms with Gasteiger partial charge in [0.2, 0.25) is 5.91 Å². The number of nitro benzene ring substituents is 1. The number of aromatic amines is 1. The molecule has 0 saturated carbocycles. The zero-order valence-electron chi connectivity index (χ0n) is 13.7. The molecule has 0 aliphatic rings. The molecule has 132 valence electrons. The molecule has 9 heteroatoms. The number of hydrogen-bond donors (Lipinski definition) is 2. The molecular formula is C17H14N4O5. The van der Waals surface area contributed by atoms with E-state index in [4.69, 9.17) is 4.74 Å². The molecule has 0 unspecified atom stereocenters. The Morgan fingerprint density at radius 2 is 2.00 bits per heavy atom. The Morgan fingerprint density at radius 1 is 1.27 bits per heavy atom. The molecule has 0 aliphatic heterocycles. The van der Waals surface area contributed by atoms with Gasteiger partial charge in [0.25, 0.3) is 11.2 Å². The van der Waals surface area contributed by atoms with Crippen LogP contribution in [-0.4, -0.2) is 28.1 Å². The Kier molecular flexibility index (Phi) is 4.61. The zero-order valence-corrected chi connectivity index (χ0v) is 13.7. The minimum atomic E-state index is -0.563. The van der Waals surface area contributed by atoms with Crippen LogP contribution in [0.2, 0.25) is 0 Å². The predicted molar refractivity (Wildman–Crippen MR) is 94.3 cm³/mol. The average molecular weight is 354 g/mol. The first-order valence-electron chi connectivity index (χ1n) is 7.58. The number of amides is 1. The number of anilines is 1. The molecule has 0 bridgehead atoms. The van der Waals surface area contributed by atoms with Gasteiger partial charge in [-0.25, -0.2) is 5.10 Å². The van der Waals surface area contributed by atoms with Crippen LogP contribution in [0, 0.1) is 10.1 Å². The lowest BCUT2D eigenvalue weighted by atomic mass is 10.1. The van der Waals surface area contributed by atoms with Crippen LogP contribution < -0.4 is 15.6 Å². The number of ether oxygens (including phenoxy) is 1. The van der Waals surface area contributed by atoms with Crippen molar-refractivity contribution in [3.63, 3.8) is 0 Å². The summed E-state index contributed by atoms with van der Waals surface area (Å²) in [5, 5.41) is 20.8. The zero-order chi connectivity index (χ0) is 18.7. The number of nitrogens with one attached hydrogen (secondary N) is 2. The third-order valence-electron chi connectivity index (χ3n) is 3.77. The number of rotatable bonds is 5. The standard InChI is InChI=1S/C17H14N4O5/c1-26-15-7-6-10(21(24)25)8-14(15)18-16(22)9-13-11-4-2-3-5-12(11)17(23)20-19-13/h2-8H,9H2,1H3,(H,18,22)(H,20,23). The number of nitrogens with zero attached hydrogens (tertiary/aromatic N) is 2. The largest absolute Gasteiger partial charge is 0.495 e. The van der Waals surface area contributed by atoms with Crippen LogP contribution in [0.3, 0.4) is 0 Å². The second-order valence-corrected chi connectivity index (χ2v) is 5.41. The molecule has 1 aromatic heterocycles. The van der Waals surface area contributed by atoms with Gasteiger partial charge in [-0.05, 0) is 12.1 Å². The quantitative estimate of drug-likeness (QED) is 0.533. The highest BCUT2D eigenvalue weighted by Crippen LogP contribution is 2.29. The molecule has 3 rings (SSSR count). The summed E-state index contributed by atoms with van der Waals surface area (Å²) < 4.78 is 5.12. The summed E-state index contributed by atoms with van der Waals surface area (Å²) in [6, 6.07) is 10.7. The van der Waals surface area contributed by atoms with E-state index in [9.17, 15) is 19.7 Å². The van der Waals surface area contributed by atoms with Gasteiger partial charge < -0.3 is 10.1 Å². The molecule has 1 amide bonds. The molecule has 0 atom stereocenters. The van der Waals surface area contributed by atoms with Crippen molar-refractivity contribution < 1.29 is 14.5 Å². The van der Waals surface area contributed by atoms with E-state index in [0.717, 1.165) is 0 Å². The Morgan fingerprint density at radius 3 is 2.69 bits per heavy atom. The van der Waals surface area contributed by atoms with Gasteiger partial charge >= 0.3 is 0 Å². The van der Waals surface area contributed by atoms with E-state index in [-0.39, 0.29) is 23.4 Å². The number of non-ortho nitro benzene ring substituents is 1. The van der Waals surface area contributed by atoms with E-state index >= 15 is 0 Å². The van der Waals surface area contributed by atoms with Crippen LogP contribution in [0.1, 0.15) is 5.69 Å². The second kappa shape index (κ2) is 7.01. The Bertz CT molecular complexity index is 1060. The van der Waals surface area contributed by atoms with Gasteiger partial charge in [-0.1, -0.05) is 18.2 Å². The van der Waals surface area contributed by atoms with E-state index in [2.05, 4.69) is 15.5 Å². The maximum Gasteiger partial charge on any atom is 0.272 e. The van der Waals surface area contributed by atoms with Gasteiger partial charge in [0.15, 0.2) is 0 Å². The number of carbonyl (C=O) groups is 1. The lowest BCUT2D eigenvalue weighted by Gasteiger charge is -2.10. The Balaban J connectivity index is 1.89. The summed E-state index contributed by atoms with van der Waals surface area (Å²) in [6.07, 6.45) is -0.122. The molecule has 0 fully saturated rings. The van der Waals surface area contributed by atoms with E-state index in [0.29, 0.717) is 22.2 Å². The number of benzene rings is 2. The number of H-pyrrole nitrogens is 1. The van der Waals surface area contributed by atoms with Crippen LogP contribution >= 0.6 is 0 Å². The molecule has 0 aliphatic carbocycles. The third kappa shape index (κ3) is 3.36. The molecule has 2 N–H and O–H groups in total. The maximum absolute atomic E-state index is 12.4. The highest BCUT2D eigenvalue weighted by molar-refractivity contribution is 5.96. The fourth-order valence-electron chi connectivity index (χ4n) is 2.56. The van der Waals surface area contributed by atoms with Crippen LogP contribution in [0.15, 0.2) is 47.3 Å². The Labute approximate surface area is 146 Å². The fraction of sp³-hybridized carbons (Fsp3) is 0.118. The normalized spacial score (nSPS) is 10.5. The molecule has 26 heavy (non-hydrogen) atoms. The van der Waals surface area contributed by atoms with Gasteiger partial charge in [-0.15, -0.1) is 0 Å². The Hall–Kier alpha value is -3.75. The highest BCUT2D eigenvalue weighted by atomic mass is 16.6. The monoisotopic (exact) mass is 354 g/mol. The number of hydrogen-bond acceptors (Lipinski definition) is 6. The first kappa shape index (κ1) is 17.1. The van der Waals surface area contributed by atoms with Crippen molar-refractivity contribution in [2.45, 2.75) is 6.42 Å².